The summed E-state index contributed by atoms with van der Waals surface area (Å²) in [5.41, 5.74) is 8.74. The van der Waals surface area contributed by atoms with E-state index in [9.17, 15) is 0 Å². The lowest BCUT2D eigenvalue weighted by Gasteiger charge is -2.15. The molecule has 0 saturated heterocycles. The largest absolute Gasteiger partial charge is 0.493 e. The van der Waals surface area contributed by atoms with Gasteiger partial charge in [-0.05, 0) is 61.1 Å². The van der Waals surface area contributed by atoms with Crippen LogP contribution in [-0.2, 0) is 6.54 Å². The maximum Gasteiger partial charge on any atom is 0.160 e. The Labute approximate surface area is 188 Å². The van der Waals surface area contributed by atoms with Gasteiger partial charge in [-0.25, -0.2) is 9.97 Å². The molecule has 0 amide bonds. The highest BCUT2D eigenvalue weighted by molar-refractivity contribution is 6.07. The van der Waals surface area contributed by atoms with Crippen molar-refractivity contribution < 1.29 is 4.74 Å². The molecule has 32 heavy (non-hydrogen) atoms. The summed E-state index contributed by atoms with van der Waals surface area (Å²) < 4.78 is 8.57. The minimum atomic E-state index is 0.439. The highest BCUT2D eigenvalue weighted by atomic mass is 16.5. The second kappa shape index (κ2) is 8.27. The summed E-state index contributed by atoms with van der Waals surface area (Å²) in [5.74, 6) is 1.44. The van der Waals surface area contributed by atoms with Crippen molar-refractivity contribution in [3.8, 4) is 5.75 Å². The van der Waals surface area contributed by atoms with Gasteiger partial charge < -0.3 is 9.30 Å². The van der Waals surface area contributed by atoms with Crippen LogP contribution >= 0.6 is 0 Å². The van der Waals surface area contributed by atoms with Gasteiger partial charge in [-0.1, -0.05) is 56.3 Å². The van der Waals surface area contributed by atoms with Crippen LogP contribution in [0.25, 0.3) is 33.1 Å². The number of ether oxygens (including phenoxy) is 1. The SMILES string of the molecule is Cc1ccc(C(C)C)c(OCCCn2c3nc4ccccc4nc3c3cccc(C)c32)c1. The molecular weight excluding hydrogens is 394 g/mol. The minimum absolute atomic E-state index is 0.439. The van der Waals surface area contributed by atoms with Crippen LogP contribution in [0.4, 0.5) is 0 Å². The molecular formula is C28H29N3O. The highest BCUT2D eigenvalue weighted by Crippen LogP contribution is 2.31. The fourth-order valence-electron chi connectivity index (χ4n) is 4.54. The van der Waals surface area contributed by atoms with E-state index in [0.29, 0.717) is 12.5 Å². The van der Waals surface area contributed by atoms with Gasteiger partial charge in [0.2, 0.25) is 0 Å². The Kier molecular flexibility index (Phi) is 5.30. The molecule has 5 rings (SSSR count). The van der Waals surface area contributed by atoms with E-state index in [4.69, 9.17) is 14.7 Å². The third kappa shape index (κ3) is 3.60. The van der Waals surface area contributed by atoms with Crippen LogP contribution in [0.5, 0.6) is 5.75 Å². The molecule has 5 aromatic rings. The van der Waals surface area contributed by atoms with Crippen molar-refractivity contribution in [1.29, 1.82) is 0 Å². The summed E-state index contributed by atoms with van der Waals surface area (Å²) in [6.07, 6.45) is 0.896. The summed E-state index contributed by atoms with van der Waals surface area (Å²) in [6, 6.07) is 21.0. The first-order valence-corrected chi connectivity index (χ1v) is 11.4. The fourth-order valence-corrected chi connectivity index (χ4v) is 4.54. The van der Waals surface area contributed by atoms with Crippen LogP contribution < -0.4 is 4.74 Å². The van der Waals surface area contributed by atoms with Gasteiger partial charge in [0.25, 0.3) is 0 Å². The molecule has 0 bridgehead atoms. The van der Waals surface area contributed by atoms with Crippen LogP contribution in [0, 0.1) is 13.8 Å². The van der Waals surface area contributed by atoms with Crippen LogP contribution in [0.15, 0.2) is 60.7 Å². The summed E-state index contributed by atoms with van der Waals surface area (Å²) in [7, 11) is 0. The standard InChI is InChI=1S/C28H29N3O/c1-18(2)21-14-13-19(3)17-25(21)32-16-8-15-31-27-20(4)9-7-10-22(27)26-28(31)30-24-12-6-5-11-23(24)29-26/h5-7,9-14,17-18H,8,15-16H2,1-4H3. The van der Waals surface area contributed by atoms with E-state index < -0.39 is 0 Å². The third-order valence-corrected chi connectivity index (χ3v) is 6.15. The average molecular weight is 424 g/mol. The smallest absolute Gasteiger partial charge is 0.160 e. The van der Waals surface area contributed by atoms with E-state index in [1.54, 1.807) is 0 Å². The van der Waals surface area contributed by atoms with Gasteiger partial charge in [0.05, 0.1) is 23.2 Å². The molecule has 0 saturated carbocycles. The number of para-hydroxylation sites is 3. The molecule has 0 fully saturated rings. The zero-order valence-corrected chi connectivity index (χ0v) is 19.2. The molecule has 2 aromatic heterocycles. The Morgan fingerprint density at radius 2 is 1.69 bits per heavy atom. The molecule has 0 radical (unpaired) electrons. The van der Waals surface area contributed by atoms with Gasteiger partial charge >= 0.3 is 0 Å². The first kappa shape index (κ1) is 20.5. The van der Waals surface area contributed by atoms with Crippen LogP contribution in [-0.4, -0.2) is 21.1 Å². The Morgan fingerprint density at radius 3 is 2.47 bits per heavy atom. The molecule has 3 aromatic carbocycles. The van der Waals surface area contributed by atoms with Crippen molar-refractivity contribution in [3.63, 3.8) is 0 Å². The molecule has 162 valence electrons. The lowest BCUT2D eigenvalue weighted by atomic mass is 10.0. The van der Waals surface area contributed by atoms with Gasteiger partial charge in [0.1, 0.15) is 11.3 Å². The number of benzene rings is 3. The van der Waals surface area contributed by atoms with Crippen molar-refractivity contribution in [1.82, 2.24) is 14.5 Å². The van der Waals surface area contributed by atoms with Gasteiger partial charge in [0, 0.05) is 11.9 Å². The second-order valence-corrected chi connectivity index (χ2v) is 8.91. The Balaban J connectivity index is 1.48. The quantitative estimate of drug-likeness (QED) is 0.278. The molecule has 4 nitrogen and oxygen atoms in total. The Bertz CT molecular complexity index is 1430. The summed E-state index contributed by atoms with van der Waals surface area (Å²) >= 11 is 0. The minimum Gasteiger partial charge on any atom is -0.493 e. The van der Waals surface area contributed by atoms with Gasteiger partial charge in [-0.2, -0.15) is 0 Å². The molecule has 4 heteroatoms. The number of nitrogens with zero attached hydrogens (tertiary/aromatic N) is 3. The number of hydrogen-bond acceptors (Lipinski definition) is 3. The number of fused-ring (bicyclic) bond motifs is 4. The summed E-state index contributed by atoms with van der Waals surface area (Å²) in [4.78, 5) is 9.97. The van der Waals surface area contributed by atoms with Gasteiger partial charge in [0.15, 0.2) is 5.65 Å². The van der Waals surface area contributed by atoms with Crippen molar-refractivity contribution >= 4 is 33.1 Å². The predicted octanol–water partition coefficient (Wildman–Crippen LogP) is 6.95. The van der Waals surface area contributed by atoms with E-state index in [2.05, 4.69) is 68.7 Å². The maximum absolute atomic E-state index is 6.25. The van der Waals surface area contributed by atoms with E-state index >= 15 is 0 Å². The predicted molar refractivity (Wildman–Crippen MR) is 133 cm³/mol. The average Bonchev–Trinajstić information content (AvgIpc) is 3.09. The third-order valence-electron chi connectivity index (χ3n) is 6.15. The lowest BCUT2D eigenvalue weighted by Crippen LogP contribution is -2.07. The monoisotopic (exact) mass is 423 g/mol. The molecule has 0 aliphatic rings. The van der Waals surface area contributed by atoms with Crippen LogP contribution in [0.1, 0.15) is 42.9 Å². The fraction of sp³-hybridized carbons (Fsp3) is 0.286. The number of rotatable bonds is 6. The molecule has 0 aliphatic carbocycles. The summed E-state index contributed by atoms with van der Waals surface area (Å²) in [5, 5.41) is 1.17. The van der Waals surface area contributed by atoms with E-state index in [0.717, 1.165) is 40.9 Å². The molecule has 0 spiro atoms. The topological polar surface area (TPSA) is 39.9 Å². The van der Waals surface area contributed by atoms with Crippen molar-refractivity contribution in [2.75, 3.05) is 6.61 Å². The normalized spacial score (nSPS) is 11.8. The maximum atomic E-state index is 6.25. The van der Waals surface area contributed by atoms with Gasteiger partial charge in [-0.15, -0.1) is 0 Å². The lowest BCUT2D eigenvalue weighted by molar-refractivity contribution is 0.299. The number of aryl methyl sites for hydroxylation is 3. The second-order valence-electron chi connectivity index (χ2n) is 8.91. The zero-order valence-electron chi connectivity index (χ0n) is 19.2. The zero-order chi connectivity index (χ0) is 22.2. The van der Waals surface area contributed by atoms with Gasteiger partial charge in [-0.3, -0.25) is 0 Å². The van der Waals surface area contributed by atoms with E-state index in [1.807, 2.05) is 24.3 Å². The molecule has 0 N–H and O–H groups in total. The van der Waals surface area contributed by atoms with Crippen molar-refractivity contribution in [2.24, 2.45) is 0 Å². The Hall–Kier alpha value is -3.40. The highest BCUT2D eigenvalue weighted by Gasteiger charge is 2.16. The molecule has 0 unspecified atom stereocenters. The molecule has 2 heterocycles. The molecule has 0 aliphatic heterocycles. The first-order chi connectivity index (χ1) is 15.5. The van der Waals surface area contributed by atoms with Crippen LogP contribution in [0.2, 0.25) is 0 Å². The first-order valence-electron chi connectivity index (χ1n) is 11.4. The van der Waals surface area contributed by atoms with E-state index in [-0.39, 0.29) is 0 Å². The molecule has 0 atom stereocenters. The van der Waals surface area contributed by atoms with Crippen molar-refractivity contribution in [3.05, 3.63) is 77.4 Å². The number of aromatic nitrogens is 3. The summed E-state index contributed by atoms with van der Waals surface area (Å²) in [6.45, 7) is 10.2. The Morgan fingerprint density at radius 1 is 0.906 bits per heavy atom. The number of hydrogen-bond donors (Lipinski definition) is 0. The van der Waals surface area contributed by atoms with Crippen LogP contribution in [0.3, 0.4) is 0 Å². The van der Waals surface area contributed by atoms with E-state index in [1.165, 1.54) is 27.6 Å². The van der Waals surface area contributed by atoms with Crippen molar-refractivity contribution in [2.45, 2.75) is 46.6 Å².